The molecule has 4 rings (SSSR count). The van der Waals surface area contributed by atoms with Crippen LogP contribution in [0.15, 0.2) is 48.5 Å². The molecule has 3 aliphatic carbocycles. The fourth-order valence-electron chi connectivity index (χ4n) is 7.44. The fraction of sp³-hybridized carbons (Fsp3) is 0.673. The average Bonchev–Trinajstić information content (AvgIpc) is 3.95. The summed E-state index contributed by atoms with van der Waals surface area (Å²) in [5.41, 5.74) is 5.79. The first-order valence-corrected chi connectivity index (χ1v) is 25.3. The van der Waals surface area contributed by atoms with Crippen molar-refractivity contribution in [1.29, 1.82) is 0 Å². The topological polar surface area (TPSA) is 149 Å². The lowest BCUT2D eigenvalue weighted by atomic mass is 10.1. The first-order chi connectivity index (χ1) is 30.5. The van der Waals surface area contributed by atoms with Crippen LogP contribution in [-0.4, -0.2) is 44.3 Å². The average molecular weight is 879 g/mol. The molecule has 0 saturated carbocycles. The number of hydrogen-bond donors (Lipinski definition) is 4. The number of rotatable bonds is 32. The van der Waals surface area contributed by atoms with Gasteiger partial charge in [-0.05, 0) is 65.1 Å². The van der Waals surface area contributed by atoms with Crippen LogP contribution in [0.25, 0.3) is 21.9 Å². The van der Waals surface area contributed by atoms with E-state index in [1.807, 2.05) is 0 Å². The van der Waals surface area contributed by atoms with E-state index >= 15 is 0 Å². The Balaban J connectivity index is 0.000000767. The number of carboxylic acids is 4. The van der Waals surface area contributed by atoms with Gasteiger partial charge in [0.05, 0.1) is 0 Å². The van der Waals surface area contributed by atoms with Crippen molar-refractivity contribution in [3.63, 3.8) is 0 Å². The first kappa shape index (κ1) is 59.1. The van der Waals surface area contributed by atoms with Crippen LogP contribution in [-0.2, 0) is 25.6 Å². The van der Waals surface area contributed by atoms with Gasteiger partial charge in [0.1, 0.15) is 0 Å². The number of fused-ring (bicyclic) bond motifs is 5. The van der Waals surface area contributed by atoms with Crippen molar-refractivity contribution in [1.82, 2.24) is 0 Å². The summed E-state index contributed by atoms with van der Waals surface area (Å²) in [6.07, 6.45) is 35.8. The lowest BCUT2D eigenvalue weighted by Crippen LogP contribution is -1.93. The molecule has 0 spiro atoms. The maximum Gasteiger partial charge on any atom is 0.303 e. The van der Waals surface area contributed by atoms with Gasteiger partial charge in [0.15, 0.2) is 0 Å². The van der Waals surface area contributed by atoms with Gasteiger partial charge in [-0.3, -0.25) is 19.2 Å². The number of unbranched alkanes of at least 4 members (excludes halogenated alkanes) is 24. The van der Waals surface area contributed by atoms with Gasteiger partial charge in [-0.15, -0.1) is 0 Å². The van der Waals surface area contributed by atoms with Gasteiger partial charge in [-0.2, -0.15) is 0 Å². The summed E-state index contributed by atoms with van der Waals surface area (Å²) in [6, 6.07) is 17.7. The quantitative estimate of drug-likeness (QED) is 0.0354. The van der Waals surface area contributed by atoms with Crippen molar-refractivity contribution in [2.75, 3.05) is 0 Å². The molecule has 0 bridgehead atoms. The first-order valence-electron chi connectivity index (χ1n) is 25.3. The fourth-order valence-corrected chi connectivity index (χ4v) is 7.44. The molecule has 0 amide bonds. The highest BCUT2D eigenvalue weighted by Gasteiger charge is 2.20. The Morgan fingerprint density at radius 2 is 0.667 bits per heavy atom. The van der Waals surface area contributed by atoms with Gasteiger partial charge in [0.2, 0.25) is 0 Å². The van der Waals surface area contributed by atoms with E-state index in [4.69, 9.17) is 20.4 Å². The third-order valence-electron chi connectivity index (χ3n) is 11.4. The summed E-state index contributed by atoms with van der Waals surface area (Å²) in [5.74, 6) is -2.65. The molecule has 0 unspecified atom stereocenters. The second-order valence-electron chi connectivity index (χ2n) is 17.3. The molecule has 8 nitrogen and oxygen atoms in total. The molecular formula is C55H90O8. The molecule has 0 atom stereocenters. The number of benzene rings is 1. The second-order valence-corrected chi connectivity index (χ2v) is 17.3. The van der Waals surface area contributed by atoms with E-state index in [2.05, 4.69) is 76.2 Å². The van der Waals surface area contributed by atoms with E-state index < -0.39 is 23.9 Å². The van der Waals surface area contributed by atoms with Crippen LogP contribution in [0.4, 0.5) is 0 Å². The molecular weight excluding hydrogens is 789 g/mol. The molecule has 0 aromatic heterocycles. The van der Waals surface area contributed by atoms with Crippen LogP contribution in [0, 0.1) is 0 Å². The molecule has 3 aliphatic rings. The van der Waals surface area contributed by atoms with Crippen LogP contribution >= 0.6 is 0 Å². The van der Waals surface area contributed by atoms with Crippen LogP contribution < -0.4 is 0 Å². The predicted octanol–water partition coefficient (Wildman–Crippen LogP) is 16.7. The zero-order valence-corrected chi connectivity index (χ0v) is 40.4. The van der Waals surface area contributed by atoms with Gasteiger partial charge in [0, 0.05) is 25.7 Å². The van der Waals surface area contributed by atoms with Crippen molar-refractivity contribution in [2.45, 2.75) is 240 Å². The normalized spacial score (nSPS) is 10.8. The molecule has 8 heteroatoms. The molecule has 63 heavy (non-hydrogen) atoms. The lowest BCUT2D eigenvalue weighted by Gasteiger charge is -1.98. The maximum atomic E-state index is 10.1. The minimum Gasteiger partial charge on any atom is -0.481 e. The maximum absolute atomic E-state index is 10.1. The Labute approximate surface area is 383 Å². The molecule has 358 valence electrons. The van der Waals surface area contributed by atoms with Crippen molar-refractivity contribution >= 4 is 34.6 Å². The summed E-state index contributed by atoms with van der Waals surface area (Å²) in [5, 5.41) is 36.3. The molecule has 0 aliphatic heterocycles. The van der Waals surface area contributed by atoms with E-state index in [0.29, 0.717) is 25.7 Å². The third kappa shape index (κ3) is 36.1. The molecule has 0 saturated heterocycles. The van der Waals surface area contributed by atoms with Gasteiger partial charge >= 0.3 is 23.9 Å². The molecule has 1 aromatic rings. The lowest BCUT2D eigenvalue weighted by molar-refractivity contribution is -0.138. The van der Waals surface area contributed by atoms with Gasteiger partial charge in [0.25, 0.3) is 0 Å². The van der Waals surface area contributed by atoms with Crippen molar-refractivity contribution in [3.05, 3.63) is 59.7 Å². The molecule has 4 N–H and O–H groups in total. The minimum atomic E-state index is -0.663. The van der Waals surface area contributed by atoms with Crippen molar-refractivity contribution in [2.24, 2.45) is 0 Å². The number of aliphatic carboxylic acids is 4. The summed E-state index contributed by atoms with van der Waals surface area (Å²) >= 11 is 0. The molecule has 0 heterocycles. The van der Waals surface area contributed by atoms with Gasteiger partial charge < -0.3 is 20.4 Å². The van der Waals surface area contributed by atoms with E-state index in [0.717, 1.165) is 51.4 Å². The summed E-state index contributed by atoms with van der Waals surface area (Å²) in [7, 11) is 0. The standard InChI is InChI=1S/C15H10.4C10H20O2/c1-3-10-4-2-6-13-14(12(10)5-1)8-7-11-9-15(11)13;4*1-2-3-4-5-6-7-8-9-10(11)12/h1-8H,9H2;4*2-9H2,1H3,(H,11,12). The zero-order chi connectivity index (χ0) is 46.8. The third-order valence-corrected chi connectivity index (χ3v) is 11.4. The minimum absolute atomic E-state index is 0.341. The SMILES string of the molecule is CCCCCCCCCC(=O)O.CCCCCCCCCC(=O)O.CCCCCCCCCC(=O)O.CCCCCCCCCC(=O)O.c1cc2cccc3c4c(ccc3c-2c1)C4. The predicted molar refractivity (Wildman–Crippen MR) is 264 cm³/mol. The van der Waals surface area contributed by atoms with Crippen LogP contribution in [0.2, 0.25) is 0 Å². The largest absolute Gasteiger partial charge is 0.481 e. The highest BCUT2D eigenvalue weighted by molar-refractivity contribution is 6.01. The van der Waals surface area contributed by atoms with Crippen molar-refractivity contribution < 1.29 is 39.6 Å². The van der Waals surface area contributed by atoms with Gasteiger partial charge in [-0.1, -0.05) is 230 Å². The summed E-state index contributed by atoms with van der Waals surface area (Å²) < 4.78 is 0. The summed E-state index contributed by atoms with van der Waals surface area (Å²) in [6.45, 7) is 8.80. The number of hydrogen-bond acceptors (Lipinski definition) is 4. The van der Waals surface area contributed by atoms with E-state index in [9.17, 15) is 19.2 Å². The molecule has 0 fully saturated rings. The molecule has 1 aromatic carbocycles. The van der Waals surface area contributed by atoms with Crippen molar-refractivity contribution in [3.8, 4) is 11.1 Å². The number of carboxylic acid groups (broad SMARTS) is 4. The van der Waals surface area contributed by atoms with E-state index in [1.54, 1.807) is 5.56 Å². The Kier molecular flexibility index (Phi) is 39.4. The Morgan fingerprint density at radius 1 is 0.365 bits per heavy atom. The Morgan fingerprint density at radius 3 is 0.984 bits per heavy atom. The Bertz CT molecular complexity index is 1440. The van der Waals surface area contributed by atoms with Crippen LogP contribution in [0.1, 0.15) is 244 Å². The highest BCUT2D eigenvalue weighted by atomic mass is 16.4. The Hall–Kier alpha value is -3.94. The van der Waals surface area contributed by atoms with E-state index in [1.165, 1.54) is 162 Å². The second kappa shape index (κ2) is 42.0. The van der Waals surface area contributed by atoms with E-state index in [-0.39, 0.29) is 0 Å². The zero-order valence-electron chi connectivity index (χ0n) is 40.4. The molecule has 0 radical (unpaired) electrons. The highest BCUT2D eigenvalue weighted by Crippen LogP contribution is 2.39. The summed E-state index contributed by atoms with van der Waals surface area (Å²) in [4.78, 5) is 40.5. The smallest absolute Gasteiger partial charge is 0.303 e. The van der Waals surface area contributed by atoms with Crippen LogP contribution in [0.5, 0.6) is 0 Å². The van der Waals surface area contributed by atoms with Gasteiger partial charge in [-0.25, -0.2) is 0 Å². The van der Waals surface area contributed by atoms with Crippen LogP contribution in [0.3, 0.4) is 0 Å². The monoisotopic (exact) mass is 879 g/mol. The number of carbonyl (C=O) groups is 4.